The number of hydrogen-bond acceptors (Lipinski definition) is 3. The Morgan fingerprint density at radius 2 is 1.94 bits per heavy atom. The van der Waals surface area contributed by atoms with Crippen molar-refractivity contribution in [3.05, 3.63) is 30.1 Å². The molecule has 18 heavy (non-hydrogen) atoms. The molecule has 0 radical (unpaired) electrons. The number of nitrogens with zero attached hydrogens (tertiary/aromatic N) is 2. The Hall–Kier alpha value is -0.930. The molecule has 0 atom stereocenters. The van der Waals surface area contributed by atoms with E-state index in [1.807, 2.05) is 12.4 Å². The summed E-state index contributed by atoms with van der Waals surface area (Å²) in [6, 6.07) is 4.19. The molecule has 1 aliphatic rings. The van der Waals surface area contributed by atoms with Gasteiger partial charge in [-0.25, -0.2) is 0 Å². The van der Waals surface area contributed by atoms with E-state index in [0.717, 1.165) is 26.1 Å². The lowest BCUT2D eigenvalue weighted by molar-refractivity contribution is 0.241. The molecule has 0 saturated heterocycles. The molecule has 2 rings (SSSR count). The van der Waals surface area contributed by atoms with Gasteiger partial charge in [-0.15, -0.1) is 0 Å². The van der Waals surface area contributed by atoms with E-state index in [0.29, 0.717) is 0 Å². The van der Waals surface area contributed by atoms with Crippen molar-refractivity contribution < 1.29 is 0 Å². The normalized spacial score (nSPS) is 18.4. The van der Waals surface area contributed by atoms with Crippen molar-refractivity contribution in [1.29, 1.82) is 0 Å². The molecule has 100 valence electrons. The van der Waals surface area contributed by atoms with Crippen molar-refractivity contribution in [3.63, 3.8) is 0 Å². The summed E-state index contributed by atoms with van der Waals surface area (Å²) in [6.07, 6.45) is 9.90. The number of nitrogens with two attached hydrogens (primary N) is 1. The molecule has 0 bridgehead atoms. The van der Waals surface area contributed by atoms with Gasteiger partial charge in [0.2, 0.25) is 0 Å². The van der Waals surface area contributed by atoms with Gasteiger partial charge in [-0.1, -0.05) is 19.8 Å². The minimum atomic E-state index is 0.117. The fourth-order valence-corrected chi connectivity index (χ4v) is 2.81. The maximum Gasteiger partial charge on any atom is 0.0271 e. The zero-order valence-electron chi connectivity index (χ0n) is 11.4. The maximum absolute atomic E-state index is 6.42. The Labute approximate surface area is 110 Å². The minimum Gasteiger partial charge on any atom is -0.325 e. The lowest BCUT2D eigenvalue weighted by Crippen LogP contribution is -2.40. The molecule has 2 N–H and O–H groups in total. The molecule has 1 aromatic heterocycles. The Morgan fingerprint density at radius 1 is 1.28 bits per heavy atom. The van der Waals surface area contributed by atoms with Crippen molar-refractivity contribution in [2.24, 2.45) is 5.73 Å². The summed E-state index contributed by atoms with van der Waals surface area (Å²) in [5.41, 5.74) is 7.87. The van der Waals surface area contributed by atoms with E-state index in [2.05, 4.69) is 28.9 Å². The summed E-state index contributed by atoms with van der Waals surface area (Å²) in [6.45, 7) is 5.42. The Morgan fingerprint density at radius 3 is 2.56 bits per heavy atom. The number of rotatable bonds is 6. The molecule has 0 aromatic carbocycles. The first-order valence-electron chi connectivity index (χ1n) is 7.12. The van der Waals surface area contributed by atoms with E-state index >= 15 is 0 Å². The van der Waals surface area contributed by atoms with E-state index in [-0.39, 0.29) is 5.54 Å². The second-order valence-electron chi connectivity index (χ2n) is 5.54. The molecular weight excluding hydrogens is 222 g/mol. The van der Waals surface area contributed by atoms with Gasteiger partial charge in [0.15, 0.2) is 0 Å². The highest BCUT2D eigenvalue weighted by molar-refractivity contribution is 5.09. The second kappa shape index (κ2) is 6.30. The van der Waals surface area contributed by atoms with Crippen LogP contribution in [-0.4, -0.2) is 28.5 Å². The number of hydrogen-bond donors (Lipinski definition) is 1. The van der Waals surface area contributed by atoms with Gasteiger partial charge in [0.25, 0.3) is 0 Å². The largest absolute Gasteiger partial charge is 0.325 e. The standard InChI is InChI=1S/C15H25N3/c1-2-18(13-14-5-10-17-11-6-14)12-9-15(16)7-3-4-8-15/h5-6,10-11H,2-4,7-9,12-13,16H2,1H3. The first-order valence-corrected chi connectivity index (χ1v) is 7.12. The van der Waals surface area contributed by atoms with E-state index in [9.17, 15) is 0 Å². The number of aromatic nitrogens is 1. The van der Waals surface area contributed by atoms with Crippen LogP contribution < -0.4 is 5.73 Å². The summed E-state index contributed by atoms with van der Waals surface area (Å²) >= 11 is 0. The quantitative estimate of drug-likeness (QED) is 0.840. The van der Waals surface area contributed by atoms with Crippen LogP contribution in [0.3, 0.4) is 0 Å². The lowest BCUT2D eigenvalue weighted by atomic mass is 9.94. The fourth-order valence-electron chi connectivity index (χ4n) is 2.81. The summed E-state index contributed by atoms with van der Waals surface area (Å²) in [5.74, 6) is 0. The van der Waals surface area contributed by atoms with Gasteiger partial charge in [0.1, 0.15) is 0 Å². The van der Waals surface area contributed by atoms with Gasteiger partial charge in [0, 0.05) is 31.0 Å². The third-order valence-electron chi connectivity index (χ3n) is 4.13. The van der Waals surface area contributed by atoms with Crippen molar-refractivity contribution in [2.45, 2.75) is 51.1 Å². The van der Waals surface area contributed by atoms with Crippen LogP contribution >= 0.6 is 0 Å². The van der Waals surface area contributed by atoms with E-state index in [4.69, 9.17) is 5.73 Å². The predicted octanol–water partition coefficient (Wildman–Crippen LogP) is 2.57. The van der Waals surface area contributed by atoms with Crippen LogP contribution in [-0.2, 0) is 6.54 Å². The van der Waals surface area contributed by atoms with Gasteiger partial charge in [-0.3, -0.25) is 9.88 Å². The number of pyridine rings is 1. The Balaban J connectivity index is 1.82. The van der Waals surface area contributed by atoms with Crippen molar-refractivity contribution in [1.82, 2.24) is 9.88 Å². The average Bonchev–Trinajstić information content (AvgIpc) is 2.83. The van der Waals surface area contributed by atoms with Crippen LogP contribution in [0.1, 0.15) is 44.6 Å². The van der Waals surface area contributed by atoms with Crippen molar-refractivity contribution in [2.75, 3.05) is 13.1 Å². The molecule has 0 amide bonds. The minimum absolute atomic E-state index is 0.117. The van der Waals surface area contributed by atoms with Crippen molar-refractivity contribution in [3.8, 4) is 0 Å². The first-order chi connectivity index (χ1) is 8.72. The third kappa shape index (κ3) is 3.79. The van der Waals surface area contributed by atoms with E-state index in [1.54, 1.807) is 0 Å². The van der Waals surface area contributed by atoms with E-state index < -0.39 is 0 Å². The van der Waals surface area contributed by atoms with Crippen LogP contribution in [0.25, 0.3) is 0 Å². The zero-order chi connectivity index (χ0) is 12.8. The topological polar surface area (TPSA) is 42.1 Å². The molecule has 0 unspecified atom stereocenters. The van der Waals surface area contributed by atoms with Crippen LogP contribution in [0.4, 0.5) is 0 Å². The molecule has 0 aliphatic heterocycles. The van der Waals surface area contributed by atoms with Crippen LogP contribution in [0.5, 0.6) is 0 Å². The second-order valence-corrected chi connectivity index (χ2v) is 5.54. The molecule has 1 saturated carbocycles. The average molecular weight is 247 g/mol. The fraction of sp³-hybridized carbons (Fsp3) is 0.667. The van der Waals surface area contributed by atoms with Crippen molar-refractivity contribution >= 4 is 0 Å². The zero-order valence-corrected chi connectivity index (χ0v) is 11.4. The molecule has 1 aliphatic carbocycles. The van der Waals surface area contributed by atoms with Gasteiger partial charge in [0.05, 0.1) is 0 Å². The molecule has 1 fully saturated rings. The smallest absolute Gasteiger partial charge is 0.0271 e. The monoisotopic (exact) mass is 247 g/mol. The highest BCUT2D eigenvalue weighted by atomic mass is 15.1. The Kier molecular flexibility index (Phi) is 4.72. The molecule has 3 heteroatoms. The molecule has 1 aromatic rings. The molecule has 3 nitrogen and oxygen atoms in total. The summed E-state index contributed by atoms with van der Waals surface area (Å²) in [4.78, 5) is 6.53. The van der Waals surface area contributed by atoms with Gasteiger partial charge in [-0.05, 0) is 43.5 Å². The Bertz CT molecular complexity index is 344. The van der Waals surface area contributed by atoms with Crippen LogP contribution in [0.15, 0.2) is 24.5 Å². The SMILES string of the molecule is CCN(CCC1(N)CCCC1)Cc1ccncc1. The molecule has 1 heterocycles. The van der Waals surface area contributed by atoms with E-state index in [1.165, 1.54) is 31.2 Å². The van der Waals surface area contributed by atoms with Gasteiger partial charge in [-0.2, -0.15) is 0 Å². The summed E-state index contributed by atoms with van der Waals surface area (Å²) in [7, 11) is 0. The highest BCUT2D eigenvalue weighted by Crippen LogP contribution is 2.30. The molecular formula is C15H25N3. The van der Waals surface area contributed by atoms with Gasteiger partial charge >= 0.3 is 0 Å². The predicted molar refractivity (Wildman–Crippen MR) is 75.2 cm³/mol. The third-order valence-corrected chi connectivity index (χ3v) is 4.13. The lowest BCUT2D eigenvalue weighted by Gasteiger charge is -2.28. The van der Waals surface area contributed by atoms with Crippen LogP contribution in [0, 0.1) is 0 Å². The first kappa shape index (κ1) is 13.5. The molecule has 0 spiro atoms. The maximum atomic E-state index is 6.42. The summed E-state index contributed by atoms with van der Waals surface area (Å²) < 4.78 is 0. The van der Waals surface area contributed by atoms with Gasteiger partial charge < -0.3 is 5.73 Å². The highest BCUT2D eigenvalue weighted by Gasteiger charge is 2.29. The van der Waals surface area contributed by atoms with Crippen LogP contribution in [0.2, 0.25) is 0 Å². The summed E-state index contributed by atoms with van der Waals surface area (Å²) in [5, 5.41) is 0.